The van der Waals surface area contributed by atoms with Crippen LogP contribution in [0.15, 0.2) is 43.0 Å². The van der Waals surface area contributed by atoms with Crippen LogP contribution < -0.4 is 5.32 Å². The molecule has 1 amide bonds. The smallest absolute Gasteiger partial charge is 0.341 e. The van der Waals surface area contributed by atoms with Crippen LogP contribution in [0.2, 0.25) is 0 Å². The van der Waals surface area contributed by atoms with E-state index in [9.17, 15) is 18.4 Å². The molecule has 0 unspecified atom stereocenters. The first-order valence-corrected chi connectivity index (χ1v) is 7.20. The topological polar surface area (TPSA) is 99.0 Å². The summed E-state index contributed by atoms with van der Waals surface area (Å²) in [6.45, 7) is 0. The number of imidazole rings is 1. The Labute approximate surface area is 145 Å². The maximum Gasteiger partial charge on any atom is 0.341 e. The molecular weight excluding hydrogens is 348 g/mol. The molecule has 0 aliphatic rings. The van der Waals surface area contributed by atoms with Gasteiger partial charge in [0, 0.05) is 24.1 Å². The normalized spacial score (nSPS) is 10.4. The zero-order valence-electron chi connectivity index (χ0n) is 13.3. The fraction of sp³-hybridized carbons (Fsp3) is 0.0625. The third-order valence-electron chi connectivity index (χ3n) is 3.34. The van der Waals surface area contributed by atoms with E-state index in [-0.39, 0.29) is 11.4 Å². The van der Waals surface area contributed by atoms with Crippen molar-refractivity contribution in [1.82, 2.24) is 19.7 Å². The molecule has 0 radical (unpaired) electrons. The van der Waals surface area contributed by atoms with Gasteiger partial charge in [0.15, 0.2) is 23.1 Å². The highest BCUT2D eigenvalue weighted by Gasteiger charge is 2.19. The Hall–Kier alpha value is -3.69. The number of hydrogen-bond acceptors (Lipinski definition) is 6. The van der Waals surface area contributed by atoms with Crippen molar-refractivity contribution in [2.45, 2.75) is 0 Å². The van der Waals surface area contributed by atoms with Crippen molar-refractivity contribution in [3.63, 3.8) is 0 Å². The van der Waals surface area contributed by atoms with Gasteiger partial charge >= 0.3 is 5.97 Å². The molecule has 0 fully saturated rings. The summed E-state index contributed by atoms with van der Waals surface area (Å²) in [4.78, 5) is 27.5. The van der Waals surface area contributed by atoms with Gasteiger partial charge in [-0.1, -0.05) is 0 Å². The number of aromatic nitrogens is 4. The van der Waals surface area contributed by atoms with Crippen molar-refractivity contribution in [3.05, 3.63) is 65.9 Å². The lowest BCUT2D eigenvalue weighted by Crippen LogP contribution is -2.16. The largest absolute Gasteiger partial charge is 0.465 e. The van der Waals surface area contributed by atoms with Crippen LogP contribution in [0.5, 0.6) is 0 Å². The molecule has 0 spiro atoms. The molecule has 3 rings (SSSR count). The molecule has 2 heterocycles. The van der Waals surface area contributed by atoms with Gasteiger partial charge in [0.1, 0.15) is 11.9 Å². The minimum absolute atomic E-state index is 0.0572. The van der Waals surface area contributed by atoms with E-state index in [1.807, 2.05) is 0 Å². The van der Waals surface area contributed by atoms with Crippen molar-refractivity contribution in [2.75, 3.05) is 12.4 Å². The lowest BCUT2D eigenvalue weighted by molar-refractivity contribution is 0.0594. The van der Waals surface area contributed by atoms with Gasteiger partial charge in [-0.2, -0.15) is 0 Å². The molecule has 132 valence electrons. The van der Waals surface area contributed by atoms with Gasteiger partial charge in [-0.3, -0.25) is 9.36 Å². The second-order valence-corrected chi connectivity index (χ2v) is 5.01. The number of nitrogens with zero attached hydrogens (tertiary/aromatic N) is 4. The average molecular weight is 359 g/mol. The number of ether oxygens (including phenoxy) is 1. The molecular formula is C16H11F2N5O3. The van der Waals surface area contributed by atoms with Crippen LogP contribution in [0.3, 0.4) is 0 Å². The first kappa shape index (κ1) is 17.1. The Kier molecular flexibility index (Phi) is 4.65. The van der Waals surface area contributed by atoms with E-state index in [0.717, 1.165) is 19.2 Å². The number of anilines is 1. The number of halogens is 2. The molecule has 0 aliphatic heterocycles. The predicted molar refractivity (Wildman–Crippen MR) is 84.8 cm³/mol. The third-order valence-corrected chi connectivity index (χ3v) is 3.34. The molecule has 26 heavy (non-hydrogen) atoms. The lowest BCUT2D eigenvalue weighted by atomic mass is 10.1. The van der Waals surface area contributed by atoms with E-state index in [1.54, 1.807) is 17.0 Å². The van der Waals surface area contributed by atoms with Gasteiger partial charge in [0.25, 0.3) is 5.91 Å². The zero-order chi connectivity index (χ0) is 18.7. The van der Waals surface area contributed by atoms with Crippen LogP contribution in [0.25, 0.3) is 5.82 Å². The number of benzene rings is 1. The molecule has 0 bridgehead atoms. The SMILES string of the molecule is COC(=O)c1cc(NC(=O)c2ccc(-n3ccnc3)nn2)cc(F)c1F. The Morgan fingerprint density at radius 1 is 1.19 bits per heavy atom. The second-order valence-electron chi connectivity index (χ2n) is 5.01. The molecule has 0 atom stereocenters. The fourth-order valence-corrected chi connectivity index (χ4v) is 2.09. The molecule has 0 saturated carbocycles. The third kappa shape index (κ3) is 3.38. The molecule has 2 aromatic heterocycles. The minimum Gasteiger partial charge on any atom is -0.465 e. The Balaban J connectivity index is 1.81. The second kappa shape index (κ2) is 7.05. The average Bonchev–Trinajstić information content (AvgIpc) is 3.18. The molecule has 3 aromatic rings. The summed E-state index contributed by atoms with van der Waals surface area (Å²) < 4.78 is 33.2. The molecule has 10 heteroatoms. The van der Waals surface area contributed by atoms with Crippen LogP contribution in [-0.4, -0.2) is 38.7 Å². The van der Waals surface area contributed by atoms with Gasteiger partial charge in [-0.05, 0) is 18.2 Å². The maximum atomic E-state index is 13.6. The summed E-state index contributed by atoms with van der Waals surface area (Å²) in [5, 5.41) is 9.98. The van der Waals surface area contributed by atoms with Crippen molar-refractivity contribution in [2.24, 2.45) is 0 Å². The Bertz CT molecular complexity index is 959. The van der Waals surface area contributed by atoms with Gasteiger partial charge in [0.2, 0.25) is 0 Å². The highest BCUT2D eigenvalue weighted by Crippen LogP contribution is 2.20. The van der Waals surface area contributed by atoms with E-state index in [1.165, 1.54) is 18.5 Å². The number of esters is 1. The first-order valence-electron chi connectivity index (χ1n) is 7.20. The number of nitrogens with one attached hydrogen (secondary N) is 1. The van der Waals surface area contributed by atoms with Gasteiger partial charge in [-0.25, -0.2) is 18.6 Å². The Morgan fingerprint density at radius 3 is 2.62 bits per heavy atom. The lowest BCUT2D eigenvalue weighted by Gasteiger charge is -2.08. The fourth-order valence-electron chi connectivity index (χ4n) is 2.09. The van der Waals surface area contributed by atoms with E-state index >= 15 is 0 Å². The summed E-state index contributed by atoms with van der Waals surface area (Å²) >= 11 is 0. The standard InChI is InChI=1S/C16H11F2N5O3/c1-26-16(25)10-6-9(7-11(17)14(10)18)20-15(24)12-2-3-13(22-21-12)23-5-4-19-8-23/h2-8H,1H3,(H,20,24). The number of carbonyl (C=O) groups is 2. The van der Waals surface area contributed by atoms with Crippen molar-refractivity contribution in [3.8, 4) is 5.82 Å². The molecule has 0 saturated heterocycles. The van der Waals surface area contributed by atoms with Crippen molar-refractivity contribution in [1.29, 1.82) is 0 Å². The van der Waals surface area contributed by atoms with Crippen LogP contribution in [0.4, 0.5) is 14.5 Å². The molecule has 0 aliphatic carbocycles. The highest BCUT2D eigenvalue weighted by molar-refractivity contribution is 6.03. The monoisotopic (exact) mass is 359 g/mol. The van der Waals surface area contributed by atoms with Crippen molar-refractivity contribution < 1.29 is 23.1 Å². The van der Waals surface area contributed by atoms with Gasteiger partial charge in [-0.15, -0.1) is 10.2 Å². The summed E-state index contributed by atoms with van der Waals surface area (Å²) in [6, 6.07) is 4.65. The van der Waals surface area contributed by atoms with Crippen LogP contribution >= 0.6 is 0 Å². The molecule has 8 nitrogen and oxygen atoms in total. The van der Waals surface area contributed by atoms with Gasteiger partial charge < -0.3 is 10.1 Å². The zero-order valence-corrected chi connectivity index (χ0v) is 13.3. The number of hydrogen-bond donors (Lipinski definition) is 1. The van der Waals surface area contributed by atoms with Crippen LogP contribution in [0.1, 0.15) is 20.8 Å². The van der Waals surface area contributed by atoms with Crippen molar-refractivity contribution >= 4 is 17.6 Å². The first-order chi connectivity index (χ1) is 12.5. The quantitative estimate of drug-likeness (QED) is 0.715. The number of rotatable bonds is 4. The molecule has 1 N–H and O–H groups in total. The number of amides is 1. The van der Waals surface area contributed by atoms with E-state index in [0.29, 0.717) is 5.82 Å². The summed E-state index contributed by atoms with van der Waals surface area (Å²) in [5.74, 6) is -4.00. The van der Waals surface area contributed by atoms with E-state index in [2.05, 4.69) is 25.2 Å². The summed E-state index contributed by atoms with van der Waals surface area (Å²) in [5.41, 5.74) is -0.822. The maximum absolute atomic E-state index is 13.6. The van der Waals surface area contributed by atoms with Gasteiger partial charge in [0.05, 0.1) is 7.11 Å². The predicted octanol–water partition coefficient (Wildman–Crippen LogP) is 1.98. The minimum atomic E-state index is -1.36. The van der Waals surface area contributed by atoms with Crippen LogP contribution in [-0.2, 0) is 4.74 Å². The van der Waals surface area contributed by atoms with Crippen LogP contribution in [0, 0.1) is 11.6 Å². The van der Waals surface area contributed by atoms with E-state index < -0.39 is 29.1 Å². The highest BCUT2D eigenvalue weighted by atomic mass is 19.2. The summed E-state index contributed by atoms with van der Waals surface area (Å²) in [6.07, 6.45) is 4.73. The van der Waals surface area contributed by atoms with E-state index in [4.69, 9.17) is 0 Å². The number of carbonyl (C=O) groups excluding carboxylic acids is 2. The molecule has 1 aromatic carbocycles. The summed E-state index contributed by atoms with van der Waals surface area (Å²) in [7, 11) is 1.03. The Morgan fingerprint density at radius 2 is 2.00 bits per heavy atom. The number of methoxy groups -OCH3 is 1.